The van der Waals surface area contributed by atoms with Gasteiger partial charge in [0.05, 0.1) is 19.8 Å². The third kappa shape index (κ3) is 4.78. The van der Waals surface area contributed by atoms with E-state index in [9.17, 15) is 9.59 Å². The van der Waals surface area contributed by atoms with Crippen LogP contribution in [0.5, 0.6) is 0 Å². The van der Waals surface area contributed by atoms with E-state index < -0.39 is 6.04 Å². The molecule has 0 amide bonds. The minimum Gasteiger partial charge on any atom is -0.468 e. The summed E-state index contributed by atoms with van der Waals surface area (Å²) < 4.78 is 10.7. The number of nitrogens with zero attached hydrogens (tertiary/aromatic N) is 1. The molecule has 1 aliphatic heterocycles. The van der Waals surface area contributed by atoms with Gasteiger partial charge < -0.3 is 14.3 Å². The van der Waals surface area contributed by atoms with Crippen LogP contribution in [-0.2, 0) is 19.1 Å². The van der Waals surface area contributed by atoms with Gasteiger partial charge in [0.25, 0.3) is 0 Å². The van der Waals surface area contributed by atoms with Crippen LogP contribution in [0.15, 0.2) is 0 Å². The largest absolute Gasteiger partial charge is 0.468 e. The lowest BCUT2D eigenvalue weighted by Crippen LogP contribution is -2.51. The average Bonchev–Trinajstić information content (AvgIpc) is 2.53. The van der Waals surface area contributed by atoms with Crippen LogP contribution in [0, 0.1) is 5.92 Å². The minimum absolute atomic E-state index is 0.181. The molecule has 5 heteroatoms. The number of esters is 1. The highest BCUT2D eigenvalue weighted by atomic mass is 16.5. The normalized spacial score (nSPS) is 26.2. The second kappa shape index (κ2) is 8.49. The Morgan fingerprint density at radius 3 is 2.81 bits per heavy atom. The Bertz CT molecular complexity index is 341. The molecule has 2 unspecified atom stereocenters. The van der Waals surface area contributed by atoms with Crippen LogP contribution in [0.1, 0.15) is 44.9 Å². The van der Waals surface area contributed by atoms with E-state index >= 15 is 0 Å². The van der Waals surface area contributed by atoms with Crippen LogP contribution < -0.4 is 0 Å². The predicted octanol–water partition coefficient (Wildman–Crippen LogP) is 1.79. The van der Waals surface area contributed by atoms with Gasteiger partial charge in [0, 0.05) is 19.5 Å². The first-order valence-electron chi connectivity index (χ1n) is 8.11. The lowest BCUT2D eigenvalue weighted by molar-refractivity contribution is -0.151. The zero-order valence-corrected chi connectivity index (χ0v) is 13.0. The van der Waals surface area contributed by atoms with Gasteiger partial charge in [-0.1, -0.05) is 32.1 Å². The summed E-state index contributed by atoms with van der Waals surface area (Å²) in [5.74, 6) is 0.437. The molecule has 2 rings (SSSR count). The lowest BCUT2D eigenvalue weighted by Gasteiger charge is -2.38. The average molecular weight is 297 g/mol. The number of rotatable bonds is 6. The Morgan fingerprint density at radius 1 is 1.38 bits per heavy atom. The Balaban J connectivity index is 1.88. The third-order valence-corrected chi connectivity index (χ3v) is 4.72. The molecule has 1 saturated carbocycles. The molecule has 0 spiro atoms. The van der Waals surface area contributed by atoms with Crippen molar-refractivity contribution < 1.29 is 19.1 Å². The maximum atomic E-state index is 11.8. The SMILES string of the molecule is COC(=O)C(CC=O)N1CCOC(CC2CCCCC2)C1. The van der Waals surface area contributed by atoms with E-state index in [1.54, 1.807) is 0 Å². The quantitative estimate of drug-likeness (QED) is 0.552. The molecule has 0 aromatic carbocycles. The Morgan fingerprint density at radius 2 is 2.14 bits per heavy atom. The highest BCUT2D eigenvalue weighted by molar-refractivity contribution is 5.78. The van der Waals surface area contributed by atoms with Gasteiger partial charge in [-0.3, -0.25) is 9.69 Å². The van der Waals surface area contributed by atoms with Crippen LogP contribution in [0.3, 0.4) is 0 Å². The number of hydrogen-bond donors (Lipinski definition) is 0. The fraction of sp³-hybridized carbons (Fsp3) is 0.875. The lowest BCUT2D eigenvalue weighted by atomic mass is 9.85. The van der Waals surface area contributed by atoms with E-state index in [0.717, 1.165) is 25.2 Å². The highest BCUT2D eigenvalue weighted by Crippen LogP contribution is 2.29. The van der Waals surface area contributed by atoms with Gasteiger partial charge in [0.1, 0.15) is 12.3 Å². The van der Waals surface area contributed by atoms with Crippen molar-refractivity contribution >= 4 is 12.3 Å². The fourth-order valence-corrected chi connectivity index (χ4v) is 3.58. The number of morpholine rings is 1. The first-order valence-corrected chi connectivity index (χ1v) is 8.11. The molecular weight excluding hydrogens is 270 g/mol. The molecule has 0 aromatic heterocycles. The van der Waals surface area contributed by atoms with Gasteiger partial charge >= 0.3 is 5.97 Å². The predicted molar refractivity (Wildman–Crippen MR) is 79.0 cm³/mol. The number of ether oxygens (including phenoxy) is 2. The summed E-state index contributed by atoms with van der Waals surface area (Å²) in [7, 11) is 1.38. The van der Waals surface area contributed by atoms with Crippen molar-refractivity contribution in [3.63, 3.8) is 0 Å². The Labute approximate surface area is 127 Å². The van der Waals surface area contributed by atoms with E-state index in [1.165, 1.54) is 39.2 Å². The maximum absolute atomic E-state index is 11.8. The van der Waals surface area contributed by atoms with Crippen molar-refractivity contribution in [2.24, 2.45) is 5.92 Å². The van der Waals surface area contributed by atoms with Crippen molar-refractivity contribution in [1.29, 1.82) is 0 Å². The zero-order chi connectivity index (χ0) is 15.1. The van der Waals surface area contributed by atoms with E-state index in [2.05, 4.69) is 4.90 Å². The van der Waals surface area contributed by atoms with Crippen molar-refractivity contribution in [3.8, 4) is 0 Å². The molecule has 21 heavy (non-hydrogen) atoms. The smallest absolute Gasteiger partial charge is 0.323 e. The number of carbonyl (C=O) groups is 2. The van der Waals surface area contributed by atoms with Crippen LogP contribution in [0.4, 0.5) is 0 Å². The molecule has 0 bridgehead atoms. The van der Waals surface area contributed by atoms with Crippen molar-refractivity contribution in [1.82, 2.24) is 4.90 Å². The molecule has 1 saturated heterocycles. The molecule has 2 fully saturated rings. The summed E-state index contributed by atoms with van der Waals surface area (Å²) in [4.78, 5) is 24.7. The van der Waals surface area contributed by atoms with Gasteiger partial charge in [0.15, 0.2) is 0 Å². The van der Waals surface area contributed by atoms with Crippen LogP contribution in [0.2, 0.25) is 0 Å². The van der Waals surface area contributed by atoms with Crippen LogP contribution in [-0.4, -0.2) is 56.1 Å². The monoisotopic (exact) mass is 297 g/mol. The van der Waals surface area contributed by atoms with Crippen LogP contribution in [0.25, 0.3) is 0 Å². The summed E-state index contributed by atoms with van der Waals surface area (Å²) in [5.41, 5.74) is 0. The molecule has 120 valence electrons. The third-order valence-electron chi connectivity index (χ3n) is 4.72. The zero-order valence-electron chi connectivity index (χ0n) is 13.0. The summed E-state index contributed by atoms with van der Waals surface area (Å²) in [5, 5.41) is 0. The molecule has 0 aromatic rings. The second-order valence-corrected chi connectivity index (χ2v) is 6.17. The first-order chi connectivity index (χ1) is 10.2. The second-order valence-electron chi connectivity index (χ2n) is 6.17. The molecule has 5 nitrogen and oxygen atoms in total. The van der Waals surface area contributed by atoms with Gasteiger partial charge in [-0.05, 0) is 12.3 Å². The maximum Gasteiger partial charge on any atom is 0.323 e. The van der Waals surface area contributed by atoms with E-state index in [0.29, 0.717) is 13.2 Å². The minimum atomic E-state index is -0.453. The molecule has 0 N–H and O–H groups in total. The fourth-order valence-electron chi connectivity index (χ4n) is 3.58. The number of hydrogen-bond acceptors (Lipinski definition) is 5. The molecule has 2 atom stereocenters. The van der Waals surface area contributed by atoms with Gasteiger partial charge in [0.2, 0.25) is 0 Å². The Kier molecular flexibility index (Phi) is 6.64. The Hall–Kier alpha value is -0.940. The summed E-state index contributed by atoms with van der Waals surface area (Å²) in [6.45, 7) is 2.04. The highest BCUT2D eigenvalue weighted by Gasteiger charge is 2.32. The summed E-state index contributed by atoms with van der Waals surface area (Å²) in [6.07, 6.45) is 8.87. The summed E-state index contributed by atoms with van der Waals surface area (Å²) >= 11 is 0. The van der Waals surface area contributed by atoms with Gasteiger partial charge in [-0.15, -0.1) is 0 Å². The van der Waals surface area contributed by atoms with E-state index in [4.69, 9.17) is 9.47 Å². The van der Waals surface area contributed by atoms with Crippen molar-refractivity contribution in [3.05, 3.63) is 0 Å². The molecular formula is C16H27NO4. The van der Waals surface area contributed by atoms with Crippen LogP contribution >= 0.6 is 0 Å². The molecule has 1 heterocycles. The van der Waals surface area contributed by atoms with Gasteiger partial charge in [-0.2, -0.15) is 0 Å². The van der Waals surface area contributed by atoms with E-state index in [-0.39, 0.29) is 18.5 Å². The van der Waals surface area contributed by atoms with Crippen molar-refractivity contribution in [2.45, 2.75) is 57.1 Å². The molecule has 0 radical (unpaired) electrons. The van der Waals surface area contributed by atoms with Gasteiger partial charge in [-0.25, -0.2) is 0 Å². The van der Waals surface area contributed by atoms with E-state index in [1.807, 2.05) is 0 Å². The molecule has 2 aliphatic rings. The van der Waals surface area contributed by atoms with Crippen molar-refractivity contribution in [2.75, 3.05) is 26.8 Å². The standard InChI is InChI=1S/C16H27NO4/c1-20-16(19)15(7-9-18)17-8-10-21-14(12-17)11-13-5-3-2-4-6-13/h9,13-15H,2-8,10-12H2,1H3. The number of aldehydes is 1. The molecule has 1 aliphatic carbocycles. The topological polar surface area (TPSA) is 55.8 Å². The summed E-state index contributed by atoms with van der Waals surface area (Å²) in [6, 6.07) is -0.453. The number of methoxy groups -OCH3 is 1. The first kappa shape index (κ1) is 16.4. The number of carbonyl (C=O) groups excluding carboxylic acids is 2.